The molecule has 0 radical (unpaired) electrons. The molecule has 1 aliphatic carbocycles. The average molecular weight is 229 g/mol. The Balaban J connectivity index is 2.51. The monoisotopic (exact) mass is 229 g/mol. The highest BCUT2D eigenvalue weighted by atomic mass is 16.6. The average Bonchev–Trinajstić information content (AvgIpc) is 2.09. The third-order valence-corrected chi connectivity index (χ3v) is 2.47. The molecule has 0 saturated heterocycles. The number of nitrogens with zero attached hydrogens (tertiary/aromatic N) is 1. The maximum absolute atomic E-state index is 11.8. The van der Waals surface area contributed by atoms with Gasteiger partial charge < -0.3 is 9.47 Å². The first-order valence-corrected chi connectivity index (χ1v) is 5.33. The minimum atomic E-state index is -0.424. The number of amides is 1. The molecule has 5 nitrogen and oxygen atoms in total. The predicted octanol–water partition coefficient (Wildman–Crippen LogP) is 1.56. The quantitative estimate of drug-likeness (QED) is 0.689. The van der Waals surface area contributed by atoms with E-state index in [4.69, 9.17) is 9.47 Å². The van der Waals surface area contributed by atoms with Gasteiger partial charge in [-0.25, -0.2) is 4.79 Å². The smallest absolute Gasteiger partial charge is 0.412 e. The van der Waals surface area contributed by atoms with Gasteiger partial charge in [0.05, 0.1) is 0 Å². The summed E-state index contributed by atoms with van der Waals surface area (Å²) < 4.78 is 10.1. The van der Waals surface area contributed by atoms with E-state index in [1.165, 1.54) is 12.0 Å². The van der Waals surface area contributed by atoms with Gasteiger partial charge in [-0.1, -0.05) is 0 Å². The van der Waals surface area contributed by atoms with E-state index in [9.17, 15) is 9.59 Å². The van der Waals surface area contributed by atoms with Gasteiger partial charge in [0.25, 0.3) is 0 Å². The van der Waals surface area contributed by atoms with Crippen molar-refractivity contribution in [3.8, 4) is 0 Å². The number of ether oxygens (including phenoxy) is 2. The summed E-state index contributed by atoms with van der Waals surface area (Å²) in [6.07, 6.45) is 0.0153. The second-order valence-corrected chi connectivity index (χ2v) is 4.97. The van der Waals surface area contributed by atoms with Crippen molar-refractivity contribution in [3.63, 3.8) is 0 Å². The van der Waals surface area contributed by atoms with Gasteiger partial charge in [0, 0.05) is 25.5 Å². The second kappa shape index (κ2) is 4.82. The molecule has 0 heterocycles. The summed E-state index contributed by atoms with van der Waals surface area (Å²) in [5.41, 5.74) is -0.360. The molecule has 0 atom stereocenters. The summed E-state index contributed by atoms with van der Waals surface area (Å²) >= 11 is 0. The zero-order chi connectivity index (χ0) is 12.3. The van der Waals surface area contributed by atoms with Crippen molar-refractivity contribution in [3.05, 3.63) is 0 Å². The first kappa shape index (κ1) is 13.0. The van der Waals surface area contributed by atoms with Gasteiger partial charge in [-0.05, 0) is 20.8 Å². The van der Waals surface area contributed by atoms with E-state index >= 15 is 0 Å². The largest absolute Gasteiger partial charge is 0.445 e. The number of carbonyl (C=O) groups excluding carboxylic acids is 2. The molecule has 1 rings (SSSR count). The molecule has 0 aromatic heterocycles. The summed E-state index contributed by atoms with van der Waals surface area (Å²) in [7, 11) is 1.53. The van der Waals surface area contributed by atoms with Crippen LogP contribution in [0, 0.1) is 0 Å². The molecule has 5 heteroatoms. The van der Waals surface area contributed by atoms with Gasteiger partial charge in [-0.15, -0.1) is 0 Å². The van der Waals surface area contributed by atoms with E-state index in [0.717, 1.165) is 0 Å². The van der Waals surface area contributed by atoms with Crippen molar-refractivity contribution >= 4 is 11.9 Å². The first-order valence-electron chi connectivity index (χ1n) is 5.33. The fraction of sp³-hybridized carbons (Fsp3) is 0.818. The van der Waals surface area contributed by atoms with Crippen molar-refractivity contribution in [1.29, 1.82) is 0 Å². The summed E-state index contributed by atoms with van der Waals surface area (Å²) in [6.45, 7) is 5.89. The van der Waals surface area contributed by atoms with Crippen LogP contribution in [0.1, 0.15) is 33.6 Å². The van der Waals surface area contributed by atoms with Gasteiger partial charge in [0.1, 0.15) is 18.6 Å². The molecule has 1 amide bonds. The van der Waals surface area contributed by atoms with Crippen LogP contribution in [0.3, 0.4) is 0 Å². The number of ketones is 1. The van der Waals surface area contributed by atoms with Crippen LogP contribution < -0.4 is 0 Å². The number of carbonyl (C=O) groups is 2. The van der Waals surface area contributed by atoms with Crippen LogP contribution in [0.4, 0.5) is 4.79 Å². The Labute approximate surface area is 95.7 Å². The predicted molar refractivity (Wildman–Crippen MR) is 58.0 cm³/mol. The van der Waals surface area contributed by atoms with Crippen molar-refractivity contribution in [2.45, 2.75) is 45.3 Å². The lowest BCUT2D eigenvalue weighted by atomic mass is 9.94. The van der Waals surface area contributed by atoms with E-state index in [1.807, 2.05) is 20.8 Å². The molecule has 0 aromatic rings. The molecule has 16 heavy (non-hydrogen) atoms. The highest BCUT2D eigenvalue weighted by Crippen LogP contribution is 2.22. The molecule has 0 unspecified atom stereocenters. The van der Waals surface area contributed by atoms with Crippen LogP contribution in [0.15, 0.2) is 0 Å². The van der Waals surface area contributed by atoms with Crippen molar-refractivity contribution < 1.29 is 19.1 Å². The minimum Gasteiger partial charge on any atom is -0.445 e. The molecular formula is C11H19NO4. The number of hydrogen-bond donors (Lipinski definition) is 0. The number of hydrogen-bond acceptors (Lipinski definition) is 4. The third-order valence-electron chi connectivity index (χ3n) is 2.47. The van der Waals surface area contributed by atoms with E-state index < -0.39 is 6.09 Å². The lowest BCUT2D eigenvalue weighted by molar-refractivity contribution is -0.131. The van der Waals surface area contributed by atoms with Gasteiger partial charge in [0.15, 0.2) is 0 Å². The molecule has 0 N–H and O–H groups in total. The molecule has 0 spiro atoms. The molecule has 0 bridgehead atoms. The highest BCUT2D eigenvalue weighted by molar-refractivity contribution is 5.86. The lowest BCUT2D eigenvalue weighted by Crippen LogP contribution is -2.49. The number of methoxy groups -OCH3 is 1. The van der Waals surface area contributed by atoms with Crippen LogP contribution in [0.2, 0.25) is 0 Å². The van der Waals surface area contributed by atoms with Crippen LogP contribution in [-0.2, 0) is 14.3 Å². The zero-order valence-electron chi connectivity index (χ0n) is 10.3. The molecule has 1 fully saturated rings. The second-order valence-electron chi connectivity index (χ2n) is 4.97. The van der Waals surface area contributed by atoms with Crippen molar-refractivity contribution in [1.82, 2.24) is 4.90 Å². The van der Waals surface area contributed by atoms with E-state index in [1.54, 1.807) is 0 Å². The van der Waals surface area contributed by atoms with Gasteiger partial charge >= 0.3 is 6.09 Å². The van der Waals surface area contributed by atoms with Gasteiger partial charge in [-0.2, -0.15) is 0 Å². The lowest BCUT2D eigenvalue weighted by Gasteiger charge is -2.36. The number of Topliss-reactive ketones (excluding diaryl/α,β-unsaturated/α-hetero) is 1. The summed E-state index contributed by atoms with van der Waals surface area (Å²) in [5.74, 6) is 0.145. The normalized spacial score (nSPS) is 16.9. The van der Waals surface area contributed by atoms with Crippen molar-refractivity contribution in [2.75, 3.05) is 13.8 Å². The molecule has 1 saturated carbocycles. The fourth-order valence-corrected chi connectivity index (χ4v) is 1.39. The topological polar surface area (TPSA) is 55.8 Å². The minimum absolute atomic E-state index is 0.145. The summed E-state index contributed by atoms with van der Waals surface area (Å²) in [6, 6.07) is 0. The van der Waals surface area contributed by atoms with E-state index in [2.05, 4.69) is 0 Å². The highest BCUT2D eigenvalue weighted by Gasteiger charge is 2.34. The molecular weight excluding hydrogens is 210 g/mol. The van der Waals surface area contributed by atoms with E-state index in [0.29, 0.717) is 12.8 Å². The van der Waals surface area contributed by atoms with Gasteiger partial charge in [-0.3, -0.25) is 9.69 Å². The SMILES string of the molecule is COCN(C(=O)OC1CC(=O)C1)C(C)(C)C. The molecule has 1 aliphatic rings. The summed E-state index contributed by atoms with van der Waals surface area (Å²) in [5, 5.41) is 0. The van der Waals surface area contributed by atoms with Gasteiger partial charge in [0.2, 0.25) is 0 Å². The maximum Gasteiger partial charge on any atom is 0.412 e. The maximum atomic E-state index is 11.8. The molecule has 0 aromatic carbocycles. The number of rotatable bonds is 3. The molecule has 92 valence electrons. The van der Waals surface area contributed by atoms with Crippen LogP contribution in [0.5, 0.6) is 0 Å². The Morgan fingerprint density at radius 2 is 2.00 bits per heavy atom. The fourth-order valence-electron chi connectivity index (χ4n) is 1.39. The Hall–Kier alpha value is -1.10. The first-order chi connectivity index (χ1) is 7.34. The Bertz CT molecular complexity index is 274. The zero-order valence-corrected chi connectivity index (χ0v) is 10.3. The Morgan fingerprint density at radius 1 is 1.44 bits per heavy atom. The van der Waals surface area contributed by atoms with Crippen LogP contribution in [-0.4, -0.2) is 42.3 Å². The standard InChI is InChI=1S/C11H19NO4/c1-11(2,3)12(7-15-4)10(14)16-9-5-8(13)6-9/h9H,5-7H2,1-4H3. The van der Waals surface area contributed by atoms with E-state index in [-0.39, 0.29) is 24.2 Å². The molecule has 0 aliphatic heterocycles. The summed E-state index contributed by atoms with van der Waals surface area (Å²) in [4.78, 5) is 24.1. The van der Waals surface area contributed by atoms with Crippen molar-refractivity contribution in [2.24, 2.45) is 0 Å². The van der Waals surface area contributed by atoms with Crippen LogP contribution in [0.25, 0.3) is 0 Å². The Morgan fingerprint density at radius 3 is 2.38 bits per heavy atom. The third kappa shape index (κ3) is 3.20. The Kier molecular flexibility index (Phi) is 3.91. The van der Waals surface area contributed by atoms with Crippen LogP contribution >= 0.6 is 0 Å².